The van der Waals surface area contributed by atoms with Crippen molar-refractivity contribution in [2.75, 3.05) is 5.32 Å². The molecule has 0 saturated carbocycles. The molecule has 0 saturated heterocycles. The second-order valence-corrected chi connectivity index (χ2v) is 7.79. The number of nitrogens with one attached hydrogen (secondary N) is 2. The summed E-state index contributed by atoms with van der Waals surface area (Å²) >= 11 is 0. The summed E-state index contributed by atoms with van der Waals surface area (Å²) < 4.78 is 0. The molecule has 0 aliphatic rings. The normalized spacial score (nSPS) is 12.3. The third kappa shape index (κ3) is 4.74. The van der Waals surface area contributed by atoms with Crippen molar-refractivity contribution in [2.45, 2.75) is 39.2 Å². The monoisotopic (exact) mass is 374 g/mol. The SMILES string of the molecule is CC(NC(=O)c1ccnc(Nc2ccccc2C(C)(C)C)n1)c1ccccc1. The van der Waals surface area contributed by atoms with Crippen LogP contribution in [0.15, 0.2) is 66.9 Å². The molecule has 1 aromatic heterocycles. The van der Waals surface area contributed by atoms with Crippen LogP contribution in [0.1, 0.15) is 55.4 Å². The Bertz CT molecular complexity index is 948. The molecule has 0 aliphatic carbocycles. The first-order valence-corrected chi connectivity index (χ1v) is 9.40. The Morgan fingerprint density at radius 3 is 2.36 bits per heavy atom. The minimum atomic E-state index is -0.231. The Balaban J connectivity index is 1.77. The van der Waals surface area contributed by atoms with Crippen molar-refractivity contribution in [1.82, 2.24) is 15.3 Å². The largest absolute Gasteiger partial charge is 0.344 e. The van der Waals surface area contributed by atoms with Gasteiger partial charge in [-0.15, -0.1) is 0 Å². The number of aromatic nitrogens is 2. The van der Waals surface area contributed by atoms with Gasteiger partial charge in [-0.1, -0.05) is 69.3 Å². The second-order valence-electron chi connectivity index (χ2n) is 7.79. The summed E-state index contributed by atoms with van der Waals surface area (Å²) in [6.07, 6.45) is 1.59. The van der Waals surface area contributed by atoms with Crippen LogP contribution in [-0.4, -0.2) is 15.9 Å². The molecule has 144 valence electrons. The van der Waals surface area contributed by atoms with Crippen LogP contribution in [0.3, 0.4) is 0 Å². The van der Waals surface area contributed by atoms with E-state index < -0.39 is 0 Å². The van der Waals surface area contributed by atoms with Crippen LogP contribution in [0.2, 0.25) is 0 Å². The van der Waals surface area contributed by atoms with Gasteiger partial charge in [0.15, 0.2) is 0 Å². The van der Waals surface area contributed by atoms with E-state index in [0.717, 1.165) is 16.8 Å². The van der Waals surface area contributed by atoms with E-state index in [-0.39, 0.29) is 17.4 Å². The maximum atomic E-state index is 12.6. The molecule has 0 bridgehead atoms. The molecule has 0 radical (unpaired) electrons. The summed E-state index contributed by atoms with van der Waals surface area (Å²) in [4.78, 5) is 21.3. The lowest BCUT2D eigenvalue weighted by Crippen LogP contribution is -2.27. The van der Waals surface area contributed by atoms with Gasteiger partial charge in [-0.05, 0) is 35.6 Å². The molecule has 3 rings (SSSR count). The zero-order chi connectivity index (χ0) is 20.1. The molecule has 5 nitrogen and oxygen atoms in total. The number of nitrogens with zero attached hydrogens (tertiary/aromatic N) is 2. The van der Waals surface area contributed by atoms with Gasteiger partial charge in [0, 0.05) is 11.9 Å². The number of benzene rings is 2. The molecule has 0 fully saturated rings. The Morgan fingerprint density at radius 2 is 1.64 bits per heavy atom. The van der Waals surface area contributed by atoms with Crippen LogP contribution in [0.25, 0.3) is 0 Å². The van der Waals surface area contributed by atoms with Crippen LogP contribution in [0.4, 0.5) is 11.6 Å². The van der Waals surface area contributed by atoms with E-state index in [1.807, 2.05) is 55.5 Å². The average molecular weight is 374 g/mol. The summed E-state index contributed by atoms with van der Waals surface area (Å²) in [6, 6.07) is 19.4. The van der Waals surface area contributed by atoms with E-state index in [0.29, 0.717) is 11.6 Å². The van der Waals surface area contributed by atoms with Crippen LogP contribution < -0.4 is 10.6 Å². The lowest BCUT2D eigenvalue weighted by molar-refractivity contribution is 0.0935. The molecule has 2 aromatic carbocycles. The molecule has 5 heteroatoms. The minimum Gasteiger partial charge on any atom is -0.344 e. The molecule has 1 amide bonds. The summed E-state index contributed by atoms with van der Waals surface area (Å²) in [6.45, 7) is 8.42. The molecule has 1 atom stereocenters. The van der Waals surface area contributed by atoms with E-state index in [2.05, 4.69) is 47.4 Å². The number of para-hydroxylation sites is 1. The number of carbonyl (C=O) groups is 1. The van der Waals surface area contributed by atoms with Crippen molar-refractivity contribution < 1.29 is 4.79 Å². The fraction of sp³-hybridized carbons (Fsp3) is 0.261. The highest BCUT2D eigenvalue weighted by molar-refractivity contribution is 5.92. The predicted octanol–water partition coefficient (Wildman–Crippen LogP) is 5.01. The zero-order valence-corrected chi connectivity index (χ0v) is 16.7. The fourth-order valence-electron chi connectivity index (χ4n) is 3.01. The number of hydrogen-bond acceptors (Lipinski definition) is 4. The highest BCUT2D eigenvalue weighted by atomic mass is 16.1. The Morgan fingerprint density at radius 1 is 0.964 bits per heavy atom. The first-order chi connectivity index (χ1) is 13.3. The minimum absolute atomic E-state index is 0.0241. The van der Waals surface area contributed by atoms with E-state index in [1.54, 1.807) is 12.3 Å². The standard InChI is InChI=1S/C23H26N4O/c1-16(17-10-6-5-7-11-17)25-21(28)20-14-15-24-22(27-20)26-19-13-9-8-12-18(19)23(2,3)4/h5-16H,1-4H3,(H,25,28)(H,24,26,27). The highest BCUT2D eigenvalue weighted by Crippen LogP contribution is 2.30. The van der Waals surface area contributed by atoms with Gasteiger partial charge in [0.1, 0.15) is 5.69 Å². The highest BCUT2D eigenvalue weighted by Gasteiger charge is 2.18. The number of carbonyl (C=O) groups excluding carboxylic acids is 1. The number of amides is 1. The van der Waals surface area contributed by atoms with Crippen LogP contribution in [0.5, 0.6) is 0 Å². The first kappa shape index (κ1) is 19.5. The first-order valence-electron chi connectivity index (χ1n) is 9.40. The molecule has 28 heavy (non-hydrogen) atoms. The smallest absolute Gasteiger partial charge is 0.270 e. The van der Waals surface area contributed by atoms with Gasteiger partial charge in [-0.2, -0.15) is 0 Å². The molecule has 0 aliphatic heterocycles. The summed E-state index contributed by atoms with van der Waals surface area (Å²) in [5.74, 6) is 0.169. The zero-order valence-electron chi connectivity index (χ0n) is 16.7. The van der Waals surface area contributed by atoms with Crippen LogP contribution >= 0.6 is 0 Å². The summed E-state index contributed by atoms with van der Waals surface area (Å²) in [5.41, 5.74) is 3.44. The second kappa shape index (κ2) is 8.21. The fourth-order valence-corrected chi connectivity index (χ4v) is 3.01. The van der Waals surface area contributed by atoms with E-state index in [4.69, 9.17) is 0 Å². The van der Waals surface area contributed by atoms with Crippen molar-refractivity contribution >= 4 is 17.5 Å². The van der Waals surface area contributed by atoms with Crippen LogP contribution in [-0.2, 0) is 5.41 Å². The molecule has 1 unspecified atom stereocenters. The van der Waals surface area contributed by atoms with Crippen molar-refractivity contribution in [2.24, 2.45) is 0 Å². The Labute approximate surface area is 166 Å². The summed E-state index contributed by atoms with van der Waals surface area (Å²) in [7, 11) is 0. The van der Waals surface area contributed by atoms with Gasteiger partial charge in [0.25, 0.3) is 5.91 Å². The molecule has 2 N–H and O–H groups in total. The van der Waals surface area contributed by atoms with Crippen molar-refractivity contribution in [3.63, 3.8) is 0 Å². The Kier molecular flexibility index (Phi) is 5.73. The van der Waals surface area contributed by atoms with Crippen molar-refractivity contribution in [3.8, 4) is 0 Å². The van der Waals surface area contributed by atoms with Gasteiger partial charge >= 0.3 is 0 Å². The summed E-state index contributed by atoms with van der Waals surface area (Å²) in [5, 5.41) is 6.24. The van der Waals surface area contributed by atoms with Gasteiger partial charge in [-0.25, -0.2) is 9.97 Å². The van der Waals surface area contributed by atoms with Gasteiger partial charge in [0.05, 0.1) is 6.04 Å². The molecule has 1 heterocycles. The molecular weight excluding hydrogens is 348 g/mol. The maximum Gasteiger partial charge on any atom is 0.270 e. The third-order valence-electron chi connectivity index (χ3n) is 4.52. The quantitative estimate of drug-likeness (QED) is 0.659. The van der Waals surface area contributed by atoms with E-state index >= 15 is 0 Å². The third-order valence-corrected chi connectivity index (χ3v) is 4.52. The van der Waals surface area contributed by atoms with Gasteiger partial charge in [0.2, 0.25) is 5.95 Å². The molecule has 0 spiro atoms. The van der Waals surface area contributed by atoms with Gasteiger partial charge in [-0.3, -0.25) is 4.79 Å². The van der Waals surface area contributed by atoms with Crippen molar-refractivity contribution in [3.05, 3.63) is 83.7 Å². The van der Waals surface area contributed by atoms with Crippen molar-refractivity contribution in [1.29, 1.82) is 0 Å². The lowest BCUT2D eigenvalue weighted by Gasteiger charge is -2.23. The number of anilines is 2. The van der Waals surface area contributed by atoms with Crippen LogP contribution in [0, 0.1) is 0 Å². The lowest BCUT2D eigenvalue weighted by atomic mass is 9.86. The topological polar surface area (TPSA) is 66.9 Å². The Hall–Kier alpha value is -3.21. The predicted molar refractivity (Wildman–Crippen MR) is 113 cm³/mol. The average Bonchev–Trinajstić information content (AvgIpc) is 2.68. The number of hydrogen-bond donors (Lipinski definition) is 2. The molecular formula is C23H26N4O. The molecule has 3 aromatic rings. The van der Waals surface area contributed by atoms with E-state index in [1.165, 1.54) is 0 Å². The van der Waals surface area contributed by atoms with Gasteiger partial charge < -0.3 is 10.6 Å². The number of rotatable bonds is 5. The van der Waals surface area contributed by atoms with E-state index in [9.17, 15) is 4.79 Å². The maximum absolute atomic E-state index is 12.6.